The van der Waals surface area contributed by atoms with Gasteiger partial charge in [-0.1, -0.05) is 23.7 Å². The van der Waals surface area contributed by atoms with Crippen molar-refractivity contribution in [3.63, 3.8) is 0 Å². The van der Waals surface area contributed by atoms with Crippen molar-refractivity contribution in [2.45, 2.75) is 18.3 Å². The van der Waals surface area contributed by atoms with Crippen molar-refractivity contribution in [1.82, 2.24) is 5.32 Å². The van der Waals surface area contributed by atoms with Crippen molar-refractivity contribution in [3.05, 3.63) is 34.9 Å². The fourth-order valence-electron chi connectivity index (χ4n) is 3.01. The van der Waals surface area contributed by atoms with Crippen LogP contribution in [0.4, 0.5) is 0 Å². The molecule has 2 aliphatic heterocycles. The normalized spacial score (nSPS) is 26.8. The maximum Gasteiger partial charge on any atom is 0.0585 e. The van der Waals surface area contributed by atoms with Crippen LogP contribution in [0.2, 0.25) is 5.02 Å². The molecule has 3 heteroatoms. The summed E-state index contributed by atoms with van der Waals surface area (Å²) in [7, 11) is 0. The minimum atomic E-state index is 0.224. The molecule has 3 rings (SSSR count). The van der Waals surface area contributed by atoms with E-state index in [1.165, 1.54) is 18.4 Å². The lowest BCUT2D eigenvalue weighted by atomic mass is 9.72. The van der Waals surface area contributed by atoms with Crippen LogP contribution in [-0.2, 0) is 10.2 Å². The van der Waals surface area contributed by atoms with E-state index in [1.807, 2.05) is 12.1 Å². The molecule has 0 spiro atoms. The summed E-state index contributed by atoms with van der Waals surface area (Å²) < 4.78 is 5.48. The van der Waals surface area contributed by atoms with Crippen molar-refractivity contribution in [2.24, 2.45) is 5.92 Å². The van der Waals surface area contributed by atoms with Gasteiger partial charge in [-0.15, -0.1) is 0 Å². The molecule has 1 atom stereocenters. The Labute approximate surface area is 107 Å². The maximum absolute atomic E-state index is 6.10. The summed E-state index contributed by atoms with van der Waals surface area (Å²) in [4.78, 5) is 0. The van der Waals surface area contributed by atoms with Gasteiger partial charge in [0.2, 0.25) is 0 Å². The summed E-state index contributed by atoms with van der Waals surface area (Å²) in [5.41, 5.74) is 1.57. The van der Waals surface area contributed by atoms with E-state index in [4.69, 9.17) is 16.3 Å². The van der Waals surface area contributed by atoms with Crippen molar-refractivity contribution in [3.8, 4) is 0 Å². The van der Waals surface area contributed by atoms with Gasteiger partial charge >= 0.3 is 0 Å². The van der Waals surface area contributed by atoms with Gasteiger partial charge in [0, 0.05) is 10.4 Å². The minimum absolute atomic E-state index is 0.224. The molecule has 0 saturated carbocycles. The van der Waals surface area contributed by atoms with E-state index in [0.29, 0.717) is 0 Å². The van der Waals surface area contributed by atoms with Crippen LogP contribution in [0.15, 0.2) is 24.3 Å². The summed E-state index contributed by atoms with van der Waals surface area (Å²) in [6.45, 7) is 4.02. The van der Waals surface area contributed by atoms with E-state index in [1.54, 1.807) is 0 Å². The van der Waals surface area contributed by atoms with Gasteiger partial charge in [-0.05, 0) is 49.5 Å². The van der Waals surface area contributed by atoms with Gasteiger partial charge in [0.05, 0.1) is 13.2 Å². The summed E-state index contributed by atoms with van der Waals surface area (Å²) in [6.07, 6.45) is 2.52. The molecule has 1 unspecified atom stereocenters. The van der Waals surface area contributed by atoms with Gasteiger partial charge in [0.25, 0.3) is 0 Å². The first-order valence-electron chi connectivity index (χ1n) is 6.33. The summed E-state index contributed by atoms with van der Waals surface area (Å²) >= 11 is 6.10. The highest BCUT2D eigenvalue weighted by atomic mass is 35.5. The van der Waals surface area contributed by atoms with E-state index < -0.39 is 0 Å². The van der Waals surface area contributed by atoms with Gasteiger partial charge in [-0.2, -0.15) is 0 Å². The second-order valence-corrected chi connectivity index (χ2v) is 5.78. The molecule has 1 N–H and O–H groups in total. The molecule has 0 bridgehead atoms. The molecule has 2 nitrogen and oxygen atoms in total. The van der Waals surface area contributed by atoms with Gasteiger partial charge in [-0.3, -0.25) is 0 Å². The molecule has 0 amide bonds. The van der Waals surface area contributed by atoms with Crippen molar-refractivity contribution >= 4 is 11.6 Å². The van der Waals surface area contributed by atoms with Crippen LogP contribution in [0.3, 0.4) is 0 Å². The third-order valence-electron chi connectivity index (χ3n) is 4.04. The lowest BCUT2D eigenvalue weighted by Crippen LogP contribution is -2.48. The number of hydrogen-bond donors (Lipinski definition) is 1. The molecular formula is C14H18ClNO. The van der Waals surface area contributed by atoms with Crippen molar-refractivity contribution in [1.29, 1.82) is 0 Å². The van der Waals surface area contributed by atoms with Crippen LogP contribution < -0.4 is 5.32 Å². The Kier molecular flexibility index (Phi) is 3.12. The summed E-state index contributed by atoms with van der Waals surface area (Å²) in [6, 6.07) is 8.28. The molecule has 2 saturated heterocycles. The number of halogens is 1. The molecule has 92 valence electrons. The Morgan fingerprint density at radius 2 is 2.29 bits per heavy atom. The SMILES string of the molecule is Clc1cccc(C2(CC3CCNC3)COC2)c1. The molecule has 17 heavy (non-hydrogen) atoms. The van der Waals surface area contributed by atoms with Crippen molar-refractivity contribution in [2.75, 3.05) is 26.3 Å². The molecule has 2 aliphatic rings. The molecule has 1 aromatic rings. The molecule has 2 fully saturated rings. The van der Waals surface area contributed by atoms with E-state index in [0.717, 1.165) is 37.2 Å². The topological polar surface area (TPSA) is 21.3 Å². The minimum Gasteiger partial charge on any atom is -0.379 e. The first-order valence-corrected chi connectivity index (χ1v) is 6.71. The first-order chi connectivity index (χ1) is 8.28. The number of rotatable bonds is 3. The Bertz CT molecular complexity index is 397. The fourth-order valence-corrected chi connectivity index (χ4v) is 3.20. The third kappa shape index (κ3) is 2.22. The van der Waals surface area contributed by atoms with Crippen LogP contribution in [0.5, 0.6) is 0 Å². The van der Waals surface area contributed by atoms with Gasteiger partial charge in [-0.25, -0.2) is 0 Å². The Morgan fingerprint density at radius 1 is 1.41 bits per heavy atom. The zero-order valence-electron chi connectivity index (χ0n) is 9.92. The van der Waals surface area contributed by atoms with Crippen LogP contribution >= 0.6 is 11.6 Å². The lowest BCUT2D eigenvalue weighted by Gasteiger charge is -2.43. The van der Waals surface area contributed by atoms with Crippen LogP contribution in [-0.4, -0.2) is 26.3 Å². The predicted octanol–water partition coefficient (Wildman–Crippen LogP) is 2.61. The van der Waals surface area contributed by atoms with Gasteiger partial charge < -0.3 is 10.1 Å². The second-order valence-electron chi connectivity index (χ2n) is 5.35. The molecule has 1 aromatic carbocycles. The number of benzene rings is 1. The Balaban J connectivity index is 1.81. The molecule has 0 aliphatic carbocycles. The number of hydrogen-bond acceptors (Lipinski definition) is 2. The number of nitrogens with one attached hydrogen (secondary N) is 1. The molecule has 0 radical (unpaired) electrons. The highest BCUT2D eigenvalue weighted by Crippen LogP contribution is 2.40. The fraction of sp³-hybridized carbons (Fsp3) is 0.571. The zero-order valence-corrected chi connectivity index (χ0v) is 10.7. The third-order valence-corrected chi connectivity index (χ3v) is 4.27. The number of ether oxygens (including phenoxy) is 1. The van der Waals surface area contributed by atoms with Crippen molar-refractivity contribution < 1.29 is 4.74 Å². The van der Waals surface area contributed by atoms with E-state index in [9.17, 15) is 0 Å². The highest BCUT2D eigenvalue weighted by molar-refractivity contribution is 6.30. The van der Waals surface area contributed by atoms with Gasteiger partial charge in [0.15, 0.2) is 0 Å². The largest absolute Gasteiger partial charge is 0.379 e. The standard InChI is InChI=1S/C14H18ClNO/c15-13-3-1-2-12(6-13)14(9-17-10-14)7-11-4-5-16-8-11/h1-3,6,11,16H,4-5,7-10H2. The smallest absolute Gasteiger partial charge is 0.0585 e. The van der Waals surface area contributed by atoms with E-state index in [2.05, 4.69) is 17.4 Å². The summed E-state index contributed by atoms with van der Waals surface area (Å²) in [5, 5.41) is 4.27. The average Bonchev–Trinajstić information content (AvgIpc) is 2.76. The highest BCUT2D eigenvalue weighted by Gasteiger charge is 2.42. The first kappa shape index (κ1) is 11.5. The van der Waals surface area contributed by atoms with Crippen LogP contribution in [0, 0.1) is 5.92 Å². The lowest BCUT2D eigenvalue weighted by molar-refractivity contribution is -0.0705. The van der Waals surface area contributed by atoms with Crippen LogP contribution in [0.1, 0.15) is 18.4 Å². The van der Waals surface area contributed by atoms with E-state index in [-0.39, 0.29) is 5.41 Å². The second kappa shape index (κ2) is 4.60. The molecule has 2 heterocycles. The molecule has 0 aromatic heterocycles. The predicted molar refractivity (Wildman–Crippen MR) is 69.5 cm³/mol. The quantitative estimate of drug-likeness (QED) is 0.892. The van der Waals surface area contributed by atoms with Gasteiger partial charge in [0.1, 0.15) is 0 Å². The Hall–Kier alpha value is -0.570. The Morgan fingerprint density at radius 3 is 2.88 bits per heavy atom. The monoisotopic (exact) mass is 251 g/mol. The summed E-state index contributed by atoms with van der Waals surface area (Å²) in [5.74, 6) is 0.790. The average molecular weight is 252 g/mol. The van der Waals surface area contributed by atoms with E-state index >= 15 is 0 Å². The van der Waals surface area contributed by atoms with Crippen LogP contribution in [0.25, 0.3) is 0 Å². The molecular weight excluding hydrogens is 234 g/mol. The zero-order chi connectivity index (χ0) is 11.7. The maximum atomic E-state index is 6.10.